The summed E-state index contributed by atoms with van der Waals surface area (Å²) < 4.78 is 13.0. The normalized spacial score (nSPS) is 10.5. The summed E-state index contributed by atoms with van der Waals surface area (Å²) in [7, 11) is 0. The van der Waals surface area contributed by atoms with Crippen LogP contribution in [0.15, 0.2) is 85.2 Å². The van der Waals surface area contributed by atoms with Crippen LogP contribution in [-0.2, 0) is 0 Å². The zero-order valence-electron chi connectivity index (χ0n) is 16.3. The van der Waals surface area contributed by atoms with E-state index < -0.39 is 0 Å². The molecule has 148 valence electrons. The molecule has 4 rings (SSSR count). The van der Waals surface area contributed by atoms with Crippen LogP contribution in [0.25, 0.3) is 11.3 Å². The SMILES string of the molecule is Cc1cccc(-c2cc(Nc3ccc(C(=O)Nc4ccc(F)cc4)cc3)ncn2)c1. The summed E-state index contributed by atoms with van der Waals surface area (Å²) in [5.41, 5.74) is 4.83. The molecule has 1 heterocycles. The Kier molecular flexibility index (Phi) is 5.48. The van der Waals surface area contributed by atoms with Gasteiger partial charge in [0.15, 0.2) is 0 Å². The van der Waals surface area contributed by atoms with Crippen LogP contribution in [0.4, 0.5) is 21.6 Å². The highest BCUT2D eigenvalue weighted by molar-refractivity contribution is 6.04. The minimum absolute atomic E-state index is 0.267. The number of aryl methyl sites for hydroxylation is 1. The first-order valence-corrected chi connectivity index (χ1v) is 9.40. The first-order chi connectivity index (χ1) is 14.6. The van der Waals surface area contributed by atoms with Crippen molar-refractivity contribution in [1.29, 1.82) is 0 Å². The fourth-order valence-corrected chi connectivity index (χ4v) is 2.98. The highest BCUT2D eigenvalue weighted by Crippen LogP contribution is 2.22. The molecule has 0 aliphatic rings. The Bertz CT molecular complexity index is 1170. The third-order valence-electron chi connectivity index (χ3n) is 4.50. The zero-order chi connectivity index (χ0) is 20.9. The number of halogens is 1. The van der Waals surface area contributed by atoms with E-state index in [9.17, 15) is 9.18 Å². The van der Waals surface area contributed by atoms with Crippen molar-refractivity contribution in [2.75, 3.05) is 10.6 Å². The Hall–Kier alpha value is -4.06. The molecule has 0 saturated heterocycles. The van der Waals surface area contributed by atoms with Crippen LogP contribution in [0.2, 0.25) is 0 Å². The number of hydrogen-bond acceptors (Lipinski definition) is 4. The van der Waals surface area contributed by atoms with Crippen LogP contribution in [-0.4, -0.2) is 15.9 Å². The lowest BCUT2D eigenvalue weighted by atomic mass is 10.1. The predicted octanol–water partition coefficient (Wildman–Crippen LogP) is 5.59. The summed E-state index contributed by atoms with van der Waals surface area (Å²) in [6.07, 6.45) is 1.52. The minimum atomic E-state index is -0.348. The molecular formula is C24H19FN4O. The van der Waals surface area contributed by atoms with E-state index >= 15 is 0 Å². The molecule has 3 aromatic carbocycles. The zero-order valence-corrected chi connectivity index (χ0v) is 16.3. The average molecular weight is 398 g/mol. The van der Waals surface area contributed by atoms with Crippen LogP contribution in [0, 0.1) is 12.7 Å². The molecule has 30 heavy (non-hydrogen) atoms. The quantitative estimate of drug-likeness (QED) is 0.460. The molecule has 6 heteroatoms. The molecule has 4 aromatic rings. The van der Waals surface area contributed by atoms with Gasteiger partial charge in [-0.05, 0) is 61.5 Å². The van der Waals surface area contributed by atoms with Gasteiger partial charge in [-0.25, -0.2) is 14.4 Å². The minimum Gasteiger partial charge on any atom is -0.340 e. The second kappa shape index (κ2) is 8.53. The van der Waals surface area contributed by atoms with E-state index in [0.29, 0.717) is 17.1 Å². The number of carbonyl (C=O) groups is 1. The summed E-state index contributed by atoms with van der Waals surface area (Å²) in [4.78, 5) is 21.0. The van der Waals surface area contributed by atoms with Crippen LogP contribution in [0.3, 0.4) is 0 Å². The maximum Gasteiger partial charge on any atom is 0.255 e. The van der Waals surface area contributed by atoms with Gasteiger partial charge < -0.3 is 10.6 Å². The van der Waals surface area contributed by atoms with Crippen molar-refractivity contribution in [2.45, 2.75) is 6.92 Å². The number of nitrogens with zero attached hydrogens (tertiary/aromatic N) is 2. The van der Waals surface area contributed by atoms with Crippen molar-refractivity contribution in [1.82, 2.24) is 9.97 Å². The Balaban J connectivity index is 1.45. The molecular weight excluding hydrogens is 379 g/mol. The number of amides is 1. The maximum atomic E-state index is 13.0. The molecule has 2 N–H and O–H groups in total. The largest absolute Gasteiger partial charge is 0.340 e. The number of carbonyl (C=O) groups excluding carboxylic acids is 1. The Morgan fingerprint density at radius 1 is 0.867 bits per heavy atom. The smallest absolute Gasteiger partial charge is 0.255 e. The predicted molar refractivity (Wildman–Crippen MR) is 116 cm³/mol. The Labute approximate surface area is 173 Å². The summed E-state index contributed by atoms with van der Waals surface area (Å²) in [5, 5.41) is 5.96. The molecule has 0 spiro atoms. The second-order valence-corrected chi connectivity index (χ2v) is 6.82. The number of nitrogens with one attached hydrogen (secondary N) is 2. The molecule has 1 amide bonds. The molecule has 0 unspecified atom stereocenters. The number of rotatable bonds is 5. The summed E-state index contributed by atoms with van der Waals surface area (Å²) >= 11 is 0. The second-order valence-electron chi connectivity index (χ2n) is 6.82. The topological polar surface area (TPSA) is 66.9 Å². The van der Waals surface area contributed by atoms with Gasteiger partial charge in [-0.2, -0.15) is 0 Å². The number of anilines is 3. The molecule has 5 nitrogen and oxygen atoms in total. The van der Waals surface area contributed by atoms with Crippen molar-refractivity contribution in [2.24, 2.45) is 0 Å². The molecule has 0 fully saturated rings. The van der Waals surface area contributed by atoms with E-state index in [0.717, 1.165) is 22.5 Å². The van der Waals surface area contributed by atoms with Gasteiger partial charge in [0.25, 0.3) is 5.91 Å². The first kappa shape index (κ1) is 19.3. The van der Waals surface area contributed by atoms with Crippen molar-refractivity contribution >= 4 is 23.1 Å². The molecule has 1 aromatic heterocycles. The van der Waals surface area contributed by atoms with Gasteiger partial charge in [-0.15, -0.1) is 0 Å². The van der Waals surface area contributed by atoms with Gasteiger partial charge in [0.05, 0.1) is 5.69 Å². The van der Waals surface area contributed by atoms with Gasteiger partial charge >= 0.3 is 0 Å². The summed E-state index contributed by atoms with van der Waals surface area (Å²) in [5.74, 6) is 0.0423. The van der Waals surface area contributed by atoms with E-state index in [1.165, 1.54) is 30.6 Å². The van der Waals surface area contributed by atoms with Crippen LogP contribution in [0.5, 0.6) is 0 Å². The van der Waals surface area contributed by atoms with Crippen molar-refractivity contribution in [3.8, 4) is 11.3 Å². The summed E-state index contributed by atoms with van der Waals surface area (Å²) in [6.45, 7) is 2.04. The van der Waals surface area contributed by atoms with E-state index in [-0.39, 0.29) is 11.7 Å². The molecule has 0 aliphatic carbocycles. The molecule has 0 aliphatic heterocycles. The van der Waals surface area contributed by atoms with Gasteiger partial charge in [0, 0.05) is 28.6 Å². The van der Waals surface area contributed by atoms with Crippen LogP contribution in [0.1, 0.15) is 15.9 Å². The van der Waals surface area contributed by atoms with E-state index in [1.54, 1.807) is 24.3 Å². The lowest BCUT2D eigenvalue weighted by Gasteiger charge is -2.09. The van der Waals surface area contributed by atoms with Gasteiger partial charge in [-0.3, -0.25) is 4.79 Å². The summed E-state index contributed by atoms with van der Waals surface area (Å²) in [6, 6.07) is 22.7. The van der Waals surface area contributed by atoms with Crippen molar-refractivity contribution in [3.05, 3.63) is 102 Å². The Morgan fingerprint density at radius 3 is 2.33 bits per heavy atom. The van der Waals surface area contributed by atoms with Crippen LogP contribution >= 0.6 is 0 Å². The van der Waals surface area contributed by atoms with Crippen molar-refractivity contribution < 1.29 is 9.18 Å². The molecule has 0 bridgehead atoms. The average Bonchev–Trinajstić information content (AvgIpc) is 2.76. The molecule has 0 radical (unpaired) electrons. The molecule has 0 saturated carbocycles. The van der Waals surface area contributed by atoms with Gasteiger partial charge in [0.1, 0.15) is 18.0 Å². The molecule has 0 atom stereocenters. The number of hydrogen-bond donors (Lipinski definition) is 2. The van der Waals surface area contributed by atoms with E-state index in [1.807, 2.05) is 31.2 Å². The maximum absolute atomic E-state index is 13.0. The first-order valence-electron chi connectivity index (χ1n) is 9.40. The third-order valence-corrected chi connectivity index (χ3v) is 4.50. The van der Waals surface area contributed by atoms with E-state index in [4.69, 9.17) is 0 Å². The lowest BCUT2D eigenvalue weighted by molar-refractivity contribution is 0.102. The van der Waals surface area contributed by atoms with Crippen LogP contribution < -0.4 is 10.6 Å². The highest BCUT2D eigenvalue weighted by atomic mass is 19.1. The fourth-order valence-electron chi connectivity index (χ4n) is 2.98. The van der Waals surface area contributed by atoms with Crippen molar-refractivity contribution in [3.63, 3.8) is 0 Å². The third kappa shape index (κ3) is 4.67. The van der Waals surface area contributed by atoms with Gasteiger partial charge in [0.2, 0.25) is 0 Å². The van der Waals surface area contributed by atoms with E-state index in [2.05, 4.69) is 26.7 Å². The fraction of sp³-hybridized carbons (Fsp3) is 0.0417. The Morgan fingerprint density at radius 2 is 1.60 bits per heavy atom. The standard InChI is InChI=1S/C24H19FN4O/c1-16-3-2-4-18(13-16)22-14-23(27-15-26-22)28-20-9-5-17(6-10-20)24(30)29-21-11-7-19(25)8-12-21/h2-15H,1H3,(H,29,30)(H,26,27,28). The highest BCUT2D eigenvalue weighted by Gasteiger charge is 2.07. The lowest BCUT2D eigenvalue weighted by Crippen LogP contribution is -2.11. The number of benzene rings is 3. The van der Waals surface area contributed by atoms with Gasteiger partial charge in [-0.1, -0.05) is 23.8 Å². The number of aromatic nitrogens is 2. The monoisotopic (exact) mass is 398 g/mol.